The number of anilines is 1. The largest absolute Gasteiger partial charge is 0.356 e. The van der Waals surface area contributed by atoms with Crippen LogP contribution >= 0.6 is 15.9 Å². The van der Waals surface area contributed by atoms with Crippen molar-refractivity contribution in [2.45, 2.75) is 26.7 Å². The summed E-state index contributed by atoms with van der Waals surface area (Å²) in [7, 11) is 0. The van der Waals surface area contributed by atoms with Gasteiger partial charge in [0.05, 0.1) is 4.47 Å². The summed E-state index contributed by atoms with van der Waals surface area (Å²) >= 11 is 3.57. The van der Waals surface area contributed by atoms with Crippen molar-refractivity contribution in [3.05, 3.63) is 22.3 Å². The van der Waals surface area contributed by atoms with Crippen LogP contribution in [-0.4, -0.2) is 24.6 Å². The van der Waals surface area contributed by atoms with Crippen LogP contribution in [0.2, 0.25) is 0 Å². The fourth-order valence-corrected chi connectivity index (χ4v) is 2.35. The van der Waals surface area contributed by atoms with Gasteiger partial charge in [-0.05, 0) is 53.9 Å². The van der Waals surface area contributed by atoms with Gasteiger partial charge in [0.15, 0.2) is 0 Å². The van der Waals surface area contributed by atoms with Gasteiger partial charge >= 0.3 is 0 Å². The Bertz CT molecular complexity index is 328. The molecule has 0 radical (unpaired) electrons. The van der Waals surface area contributed by atoms with Gasteiger partial charge in [-0.2, -0.15) is 0 Å². The van der Waals surface area contributed by atoms with E-state index in [1.807, 2.05) is 13.1 Å². The lowest BCUT2D eigenvalue weighted by atomic mass is 10.3. The predicted molar refractivity (Wildman–Crippen MR) is 72.8 cm³/mol. The number of aryl methyl sites for hydroxylation is 1. The van der Waals surface area contributed by atoms with E-state index < -0.39 is 0 Å². The number of hydrogen-bond donors (Lipinski definition) is 1. The Morgan fingerprint density at radius 2 is 2.19 bits per heavy atom. The second-order valence-electron chi connectivity index (χ2n) is 3.95. The van der Waals surface area contributed by atoms with Crippen molar-refractivity contribution < 1.29 is 0 Å². The predicted octanol–water partition coefficient (Wildman–Crippen LogP) is 2.72. The van der Waals surface area contributed by atoms with Gasteiger partial charge in [0, 0.05) is 19.3 Å². The third kappa shape index (κ3) is 3.76. The zero-order chi connectivity index (χ0) is 12.0. The van der Waals surface area contributed by atoms with E-state index in [0.29, 0.717) is 0 Å². The van der Waals surface area contributed by atoms with E-state index in [0.717, 1.165) is 42.8 Å². The molecule has 4 heteroatoms. The minimum absolute atomic E-state index is 0.726. The molecule has 1 rings (SSSR count). The lowest BCUT2D eigenvalue weighted by Crippen LogP contribution is -2.28. The smallest absolute Gasteiger partial charge is 0.142 e. The highest BCUT2D eigenvalue weighted by molar-refractivity contribution is 9.10. The topological polar surface area (TPSA) is 42.1 Å². The van der Waals surface area contributed by atoms with Gasteiger partial charge in [-0.25, -0.2) is 4.98 Å². The van der Waals surface area contributed by atoms with E-state index >= 15 is 0 Å². The summed E-state index contributed by atoms with van der Waals surface area (Å²) < 4.78 is 1.07. The van der Waals surface area contributed by atoms with Gasteiger partial charge in [0.1, 0.15) is 5.82 Å². The molecule has 0 aliphatic rings. The molecule has 0 unspecified atom stereocenters. The van der Waals surface area contributed by atoms with E-state index in [9.17, 15) is 0 Å². The Morgan fingerprint density at radius 3 is 2.75 bits per heavy atom. The summed E-state index contributed by atoms with van der Waals surface area (Å²) in [6.45, 7) is 6.94. The average molecular weight is 286 g/mol. The molecule has 0 saturated carbocycles. The Morgan fingerprint density at radius 1 is 1.44 bits per heavy atom. The third-order valence-electron chi connectivity index (χ3n) is 2.38. The van der Waals surface area contributed by atoms with Crippen molar-refractivity contribution in [1.82, 2.24) is 4.98 Å². The van der Waals surface area contributed by atoms with Gasteiger partial charge in [-0.15, -0.1) is 0 Å². The second-order valence-corrected chi connectivity index (χ2v) is 4.80. The van der Waals surface area contributed by atoms with Crippen molar-refractivity contribution in [2.75, 3.05) is 24.5 Å². The molecule has 1 aromatic rings. The van der Waals surface area contributed by atoms with E-state index in [1.165, 1.54) is 5.56 Å². The summed E-state index contributed by atoms with van der Waals surface area (Å²) in [4.78, 5) is 6.78. The molecule has 1 aromatic heterocycles. The van der Waals surface area contributed by atoms with Crippen LogP contribution in [-0.2, 0) is 0 Å². The van der Waals surface area contributed by atoms with Crippen LogP contribution in [0.15, 0.2) is 16.7 Å². The number of rotatable bonds is 6. The molecule has 0 amide bonds. The molecule has 3 nitrogen and oxygen atoms in total. The molecule has 0 spiro atoms. The molecule has 0 saturated heterocycles. The first kappa shape index (κ1) is 13.5. The molecule has 0 bridgehead atoms. The summed E-state index contributed by atoms with van der Waals surface area (Å²) in [6, 6.07) is 2.10. The Balaban J connectivity index is 2.82. The fraction of sp³-hybridized carbons (Fsp3) is 0.583. The lowest BCUT2D eigenvalue weighted by Gasteiger charge is -2.24. The van der Waals surface area contributed by atoms with Crippen LogP contribution in [0.4, 0.5) is 5.82 Å². The molecular weight excluding hydrogens is 266 g/mol. The summed E-state index contributed by atoms with van der Waals surface area (Å²) in [5.74, 6) is 1.03. The molecule has 0 atom stereocenters. The number of halogens is 1. The lowest BCUT2D eigenvalue weighted by molar-refractivity contribution is 0.710. The Hall–Kier alpha value is -0.610. The quantitative estimate of drug-likeness (QED) is 0.874. The van der Waals surface area contributed by atoms with E-state index in [1.54, 1.807) is 0 Å². The first-order valence-electron chi connectivity index (χ1n) is 5.76. The first-order chi connectivity index (χ1) is 7.69. The molecule has 2 N–H and O–H groups in total. The second kappa shape index (κ2) is 6.86. The number of hydrogen-bond acceptors (Lipinski definition) is 3. The maximum Gasteiger partial charge on any atom is 0.142 e. The number of nitrogens with zero attached hydrogens (tertiary/aromatic N) is 2. The van der Waals surface area contributed by atoms with Crippen LogP contribution in [0.25, 0.3) is 0 Å². The van der Waals surface area contributed by atoms with Crippen LogP contribution in [0, 0.1) is 6.92 Å². The van der Waals surface area contributed by atoms with Crippen LogP contribution in [0.1, 0.15) is 25.3 Å². The SMILES string of the molecule is CCCN(CCCN)c1ncc(C)cc1Br. The molecule has 0 aromatic carbocycles. The first-order valence-corrected chi connectivity index (χ1v) is 6.55. The van der Waals surface area contributed by atoms with Crippen LogP contribution < -0.4 is 10.6 Å². The summed E-state index contributed by atoms with van der Waals surface area (Å²) in [6.07, 6.45) is 4.03. The van der Waals surface area contributed by atoms with Gasteiger partial charge in [-0.3, -0.25) is 0 Å². The van der Waals surface area contributed by atoms with Gasteiger partial charge in [-0.1, -0.05) is 6.92 Å². The zero-order valence-corrected chi connectivity index (χ0v) is 11.6. The maximum atomic E-state index is 5.55. The van der Waals surface area contributed by atoms with Crippen molar-refractivity contribution in [3.63, 3.8) is 0 Å². The molecule has 0 aliphatic heterocycles. The average Bonchev–Trinajstić information content (AvgIpc) is 2.25. The summed E-state index contributed by atoms with van der Waals surface area (Å²) in [5, 5.41) is 0. The van der Waals surface area contributed by atoms with Crippen LogP contribution in [0.3, 0.4) is 0 Å². The van der Waals surface area contributed by atoms with Crippen molar-refractivity contribution in [1.29, 1.82) is 0 Å². The highest BCUT2D eigenvalue weighted by atomic mass is 79.9. The molecular formula is C12H20BrN3. The standard InChI is InChI=1S/C12H20BrN3/c1-3-6-16(7-4-5-14)12-11(13)8-10(2)9-15-12/h8-9H,3-7,14H2,1-2H3. The van der Waals surface area contributed by atoms with Crippen molar-refractivity contribution in [3.8, 4) is 0 Å². The Labute approximate surface area is 106 Å². The molecule has 1 heterocycles. The third-order valence-corrected chi connectivity index (χ3v) is 2.97. The fourth-order valence-electron chi connectivity index (χ4n) is 1.63. The van der Waals surface area contributed by atoms with Gasteiger partial charge in [0.2, 0.25) is 0 Å². The van der Waals surface area contributed by atoms with Crippen LogP contribution in [0.5, 0.6) is 0 Å². The van der Waals surface area contributed by atoms with Gasteiger partial charge in [0.25, 0.3) is 0 Å². The highest BCUT2D eigenvalue weighted by Gasteiger charge is 2.10. The van der Waals surface area contributed by atoms with E-state index in [2.05, 4.69) is 38.8 Å². The number of nitrogens with two attached hydrogens (primary N) is 1. The zero-order valence-electron chi connectivity index (χ0n) is 10.0. The minimum atomic E-state index is 0.726. The van der Waals surface area contributed by atoms with Gasteiger partial charge < -0.3 is 10.6 Å². The molecule has 16 heavy (non-hydrogen) atoms. The maximum absolute atomic E-state index is 5.55. The number of pyridine rings is 1. The van der Waals surface area contributed by atoms with E-state index in [-0.39, 0.29) is 0 Å². The van der Waals surface area contributed by atoms with Crippen molar-refractivity contribution in [2.24, 2.45) is 5.73 Å². The van der Waals surface area contributed by atoms with E-state index in [4.69, 9.17) is 5.73 Å². The summed E-state index contributed by atoms with van der Waals surface area (Å²) in [5.41, 5.74) is 6.73. The molecule has 0 aliphatic carbocycles. The molecule has 0 fully saturated rings. The molecule has 90 valence electrons. The Kier molecular flexibility index (Phi) is 5.77. The number of aromatic nitrogens is 1. The normalized spacial score (nSPS) is 10.5. The monoisotopic (exact) mass is 285 g/mol. The minimum Gasteiger partial charge on any atom is -0.356 e. The highest BCUT2D eigenvalue weighted by Crippen LogP contribution is 2.24. The van der Waals surface area contributed by atoms with Crippen molar-refractivity contribution >= 4 is 21.7 Å².